The second kappa shape index (κ2) is 11.0. The summed E-state index contributed by atoms with van der Waals surface area (Å²) in [7, 11) is 3.13. The molecule has 1 saturated heterocycles. The fourth-order valence-electron chi connectivity index (χ4n) is 3.81. The number of halogens is 2. The third-order valence-electron chi connectivity index (χ3n) is 5.63. The molecule has 1 aromatic heterocycles. The second-order valence-corrected chi connectivity index (χ2v) is 8.64. The molecular formula is C24H26Cl2N4O4. The largest absolute Gasteiger partial charge is 0.493 e. The van der Waals surface area contributed by atoms with Crippen LogP contribution >= 0.6 is 23.2 Å². The number of amides is 1. The van der Waals surface area contributed by atoms with E-state index in [9.17, 15) is 4.79 Å². The van der Waals surface area contributed by atoms with Crippen LogP contribution in [0.25, 0.3) is 0 Å². The number of methoxy groups -OCH3 is 2. The summed E-state index contributed by atoms with van der Waals surface area (Å²) >= 11 is 12.1. The summed E-state index contributed by atoms with van der Waals surface area (Å²) in [5.41, 5.74) is 1.48. The maximum absolute atomic E-state index is 13.0. The van der Waals surface area contributed by atoms with Crippen LogP contribution in [-0.4, -0.2) is 65.9 Å². The van der Waals surface area contributed by atoms with Crippen LogP contribution in [-0.2, 0) is 13.3 Å². The molecule has 0 bridgehead atoms. The van der Waals surface area contributed by atoms with Gasteiger partial charge in [-0.05, 0) is 35.9 Å². The number of aromatic nitrogens is 2. The highest BCUT2D eigenvalue weighted by molar-refractivity contribution is 6.42. The van der Waals surface area contributed by atoms with Gasteiger partial charge in [-0.1, -0.05) is 35.3 Å². The van der Waals surface area contributed by atoms with Crippen LogP contribution in [0.2, 0.25) is 10.0 Å². The van der Waals surface area contributed by atoms with Crippen LogP contribution in [0.3, 0.4) is 0 Å². The number of hydrogen-bond donors (Lipinski definition) is 0. The molecule has 2 aromatic carbocycles. The van der Waals surface area contributed by atoms with E-state index in [1.54, 1.807) is 43.3 Å². The Hall–Kier alpha value is -2.94. The third kappa shape index (κ3) is 5.58. The van der Waals surface area contributed by atoms with Gasteiger partial charge in [-0.15, -0.1) is 0 Å². The molecule has 0 N–H and O–H groups in total. The summed E-state index contributed by atoms with van der Waals surface area (Å²) < 4.78 is 18.1. The Morgan fingerprint density at radius 3 is 2.32 bits per heavy atom. The summed E-state index contributed by atoms with van der Waals surface area (Å²) in [5.74, 6) is 1.50. The van der Waals surface area contributed by atoms with Gasteiger partial charge in [-0.3, -0.25) is 9.69 Å². The molecule has 10 heteroatoms. The molecule has 0 unspecified atom stereocenters. The lowest BCUT2D eigenvalue weighted by molar-refractivity contribution is 0.0620. The van der Waals surface area contributed by atoms with Crippen molar-refractivity contribution in [2.24, 2.45) is 0 Å². The molecule has 0 atom stereocenters. The number of hydrogen-bond acceptors (Lipinski definition) is 6. The van der Waals surface area contributed by atoms with E-state index in [2.05, 4.69) is 10.00 Å². The lowest BCUT2D eigenvalue weighted by Crippen LogP contribution is -2.48. The Kier molecular flexibility index (Phi) is 7.82. The molecule has 1 aliphatic rings. The molecule has 3 aromatic rings. The highest BCUT2D eigenvalue weighted by Gasteiger charge is 2.24. The molecule has 0 spiro atoms. The number of piperazine rings is 1. The standard InChI is InChI=1S/C24H26Cl2N4O4/c1-32-21-4-3-5-22(33-2)23(21)34-16-30-9-8-20(27-30)24(31)29-12-10-28(11-13-29)15-17-6-7-18(25)19(26)14-17/h3-9,14H,10-13,15-16H2,1-2H3. The Labute approximate surface area is 208 Å². The SMILES string of the molecule is COc1cccc(OC)c1OCn1ccc(C(=O)N2CCN(Cc3ccc(Cl)c(Cl)c3)CC2)n1. The van der Waals surface area contributed by atoms with Gasteiger partial charge in [-0.25, -0.2) is 4.68 Å². The number of carbonyl (C=O) groups is 1. The van der Waals surface area contributed by atoms with E-state index >= 15 is 0 Å². The van der Waals surface area contributed by atoms with Crippen molar-refractivity contribution in [3.8, 4) is 17.2 Å². The van der Waals surface area contributed by atoms with Gasteiger partial charge in [0, 0.05) is 38.9 Å². The summed E-state index contributed by atoms with van der Waals surface area (Å²) in [4.78, 5) is 17.1. The van der Waals surface area contributed by atoms with Gasteiger partial charge in [0.15, 0.2) is 23.9 Å². The van der Waals surface area contributed by atoms with Gasteiger partial charge < -0.3 is 19.1 Å². The van der Waals surface area contributed by atoms with Crippen molar-refractivity contribution in [2.45, 2.75) is 13.3 Å². The van der Waals surface area contributed by atoms with Crippen LogP contribution in [0, 0.1) is 0 Å². The Balaban J connectivity index is 1.31. The summed E-state index contributed by atoms with van der Waals surface area (Å²) in [6, 6.07) is 12.8. The minimum atomic E-state index is -0.0946. The zero-order chi connectivity index (χ0) is 24.1. The number of para-hydroxylation sites is 1. The molecule has 180 valence electrons. The van der Waals surface area contributed by atoms with E-state index in [0.717, 1.165) is 25.2 Å². The lowest BCUT2D eigenvalue weighted by Gasteiger charge is -2.34. The minimum absolute atomic E-state index is 0.0946. The molecule has 4 rings (SSSR count). The van der Waals surface area contributed by atoms with Crippen molar-refractivity contribution in [2.75, 3.05) is 40.4 Å². The summed E-state index contributed by atoms with van der Waals surface area (Å²) in [6.45, 7) is 3.66. The van der Waals surface area contributed by atoms with Crippen molar-refractivity contribution < 1.29 is 19.0 Å². The molecule has 1 aliphatic heterocycles. The zero-order valence-corrected chi connectivity index (χ0v) is 20.6. The first kappa shape index (κ1) is 24.2. The monoisotopic (exact) mass is 504 g/mol. The first-order chi connectivity index (χ1) is 16.5. The maximum atomic E-state index is 13.0. The van der Waals surface area contributed by atoms with Gasteiger partial charge in [0.1, 0.15) is 0 Å². The Morgan fingerprint density at radius 2 is 1.68 bits per heavy atom. The average Bonchev–Trinajstić information content (AvgIpc) is 3.34. The van der Waals surface area contributed by atoms with E-state index in [0.29, 0.717) is 46.1 Å². The molecule has 34 heavy (non-hydrogen) atoms. The molecule has 2 heterocycles. The average molecular weight is 505 g/mol. The van der Waals surface area contributed by atoms with Crippen LogP contribution < -0.4 is 14.2 Å². The Bertz CT molecular complexity index is 1120. The van der Waals surface area contributed by atoms with E-state index in [1.807, 2.05) is 29.2 Å². The quantitative estimate of drug-likeness (QED) is 0.457. The van der Waals surface area contributed by atoms with Gasteiger partial charge in [0.05, 0.1) is 24.3 Å². The van der Waals surface area contributed by atoms with Crippen molar-refractivity contribution in [3.05, 3.63) is 70.0 Å². The first-order valence-electron chi connectivity index (χ1n) is 10.8. The molecule has 1 amide bonds. The Morgan fingerprint density at radius 1 is 0.971 bits per heavy atom. The first-order valence-corrected chi connectivity index (χ1v) is 11.6. The fourth-order valence-corrected chi connectivity index (χ4v) is 4.13. The van der Waals surface area contributed by atoms with Gasteiger partial charge in [-0.2, -0.15) is 5.10 Å². The minimum Gasteiger partial charge on any atom is -0.493 e. The van der Waals surface area contributed by atoms with Crippen molar-refractivity contribution in [1.29, 1.82) is 0 Å². The molecule has 8 nitrogen and oxygen atoms in total. The molecule has 0 aliphatic carbocycles. The normalized spacial score (nSPS) is 14.2. The second-order valence-electron chi connectivity index (χ2n) is 7.82. The summed E-state index contributed by atoms with van der Waals surface area (Å²) in [5, 5.41) is 5.50. The van der Waals surface area contributed by atoms with Crippen molar-refractivity contribution in [3.63, 3.8) is 0 Å². The molecule has 0 saturated carbocycles. The van der Waals surface area contributed by atoms with Gasteiger partial charge in [0.2, 0.25) is 5.75 Å². The fraction of sp³-hybridized carbons (Fsp3) is 0.333. The number of ether oxygens (including phenoxy) is 3. The van der Waals surface area contributed by atoms with Crippen LogP contribution in [0.5, 0.6) is 17.2 Å². The molecule has 0 radical (unpaired) electrons. The van der Waals surface area contributed by atoms with Crippen molar-refractivity contribution >= 4 is 29.1 Å². The predicted molar refractivity (Wildman–Crippen MR) is 130 cm³/mol. The van der Waals surface area contributed by atoms with E-state index < -0.39 is 0 Å². The van der Waals surface area contributed by atoms with E-state index in [-0.39, 0.29) is 12.6 Å². The maximum Gasteiger partial charge on any atom is 0.274 e. The van der Waals surface area contributed by atoms with E-state index in [4.69, 9.17) is 37.4 Å². The molecule has 1 fully saturated rings. The highest BCUT2D eigenvalue weighted by atomic mass is 35.5. The van der Waals surface area contributed by atoms with Crippen LogP contribution in [0.4, 0.5) is 0 Å². The van der Waals surface area contributed by atoms with Crippen LogP contribution in [0.1, 0.15) is 16.1 Å². The number of rotatable bonds is 8. The number of carbonyl (C=O) groups excluding carboxylic acids is 1. The third-order valence-corrected chi connectivity index (χ3v) is 6.37. The highest BCUT2D eigenvalue weighted by Crippen LogP contribution is 2.36. The number of benzene rings is 2. The summed E-state index contributed by atoms with van der Waals surface area (Å²) in [6.07, 6.45) is 1.72. The molecular weight excluding hydrogens is 479 g/mol. The number of nitrogens with zero attached hydrogens (tertiary/aromatic N) is 4. The van der Waals surface area contributed by atoms with Crippen LogP contribution in [0.15, 0.2) is 48.7 Å². The topological polar surface area (TPSA) is 69.1 Å². The zero-order valence-electron chi connectivity index (χ0n) is 19.0. The lowest BCUT2D eigenvalue weighted by atomic mass is 10.2. The van der Waals surface area contributed by atoms with Crippen molar-refractivity contribution in [1.82, 2.24) is 19.6 Å². The van der Waals surface area contributed by atoms with Gasteiger partial charge in [0.25, 0.3) is 5.91 Å². The smallest absolute Gasteiger partial charge is 0.274 e. The van der Waals surface area contributed by atoms with E-state index in [1.165, 1.54) is 0 Å². The van der Waals surface area contributed by atoms with Gasteiger partial charge >= 0.3 is 0 Å². The predicted octanol–water partition coefficient (Wildman–Crippen LogP) is 4.20.